The van der Waals surface area contributed by atoms with Crippen LogP contribution in [0.2, 0.25) is 0 Å². The van der Waals surface area contributed by atoms with E-state index in [0.717, 1.165) is 16.6 Å². The van der Waals surface area contributed by atoms with Gasteiger partial charge in [0.05, 0.1) is 10.2 Å². The molecule has 84 valence electrons. The zero-order valence-electron chi connectivity index (χ0n) is 9.20. The Kier molecular flexibility index (Phi) is 5.05. The third-order valence-electron chi connectivity index (χ3n) is 2.17. The number of nitrogens with two attached hydrogens (primary N) is 1. The van der Waals surface area contributed by atoms with Crippen LogP contribution in [0.4, 0.5) is 5.69 Å². The molecule has 1 unspecified atom stereocenters. The smallest absolute Gasteiger partial charge is 0.0590 e. The first-order chi connectivity index (χ1) is 7.13. The Morgan fingerprint density at radius 3 is 2.80 bits per heavy atom. The highest BCUT2D eigenvalue weighted by atomic mass is 79.9. The molecule has 0 aliphatic rings. The van der Waals surface area contributed by atoms with Crippen LogP contribution in [0.3, 0.4) is 0 Å². The van der Waals surface area contributed by atoms with Crippen molar-refractivity contribution < 1.29 is 0 Å². The molecule has 1 aromatic heterocycles. The van der Waals surface area contributed by atoms with Gasteiger partial charge in [0.2, 0.25) is 0 Å². The average Bonchev–Trinajstić information content (AvgIpc) is 2.19. The molecule has 4 heteroatoms. The molecule has 1 atom stereocenters. The molecule has 1 rings (SSSR count). The number of halogens is 1. The van der Waals surface area contributed by atoms with E-state index < -0.39 is 0 Å². The van der Waals surface area contributed by atoms with E-state index in [1.165, 1.54) is 0 Å². The Labute approximate surface area is 99.6 Å². The maximum atomic E-state index is 5.73. The molecule has 0 bridgehead atoms. The number of nitrogens with zero attached hydrogens (tertiary/aromatic N) is 1. The van der Waals surface area contributed by atoms with Crippen LogP contribution in [0.15, 0.2) is 22.9 Å². The lowest BCUT2D eigenvalue weighted by Gasteiger charge is -2.20. The van der Waals surface area contributed by atoms with E-state index in [9.17, 15) is 0 Å². The summed E-state index contributed by atoms with van der Waals surface area (Å²) in [5.41, 5.74) is 6.78. The summed E-state index contributed by atoms with van der Waals surface area (Å²) in [5, 5.41) is 3.42. The van der Waals surface area contributed by atoms with Gasteiger partial charge in [-0.25, -0.2) is 0 Å². The predicted octanol–water partition coefficient (Wildman–Crippen LogP) is 2.63. The second kappa shape index (κ2) is 6.08. The van der Waals surface area contributed by atoms with Crippen molar-refractivity contribution in [2.24, 2.45) is 11.7 Å². The van der Waals surface area contributed by atoms with Gasteiger partial charge in [0.25, 0.3) is 0 Å². The second-order valence-corrected chi connectivity index (χ2v) is 4.92. The van der Waals surface area contributed by atoms with Crippen LogP contribution in [0.1, 0.15) is 20.3 Å². The zero-order chi connectivity index (χ0) is 11.3. The number of rotatable bonds is 5. The van der Waals surface area contributed by atoms with Crippen LogP contribution >= 0.6 is 15.9 Å². The highest BCUT2D eigenvalue weighted by molar-refractivity contribution is 9.10. The van der Waals surface area contributed by atoms with E-state index in [2.05, 4.69) is 40.1 Å². The van der Waals surface area contributed by atoms with Crippen LogP contribution in [-0.4, -0.2) is 17.6 Å². The molecule has 1 heterocycles. The number of aromatic nitrogens is 1. The molecule has 0 aromatic carbocycles. The summed E-state index contributed by atoms with van der Waals surface area (Å²) in [4.78, 5) is 4.02. The van der Waals surface area contributed by atoms with Crippen LogP contribution in [-0.2, 0) is 0 Å². The molecule has 0 amide bonds. The quantitative estimate of drug-likeness (QED) is 0.866. The molecule has 0 fully saturated rings. The Bertz CT molecular complexity index is 302. The maximum absolute atomic E-state index is 5.73. The minimum absolute atomic E-state index is 0.323. The molecular formula is C11H18BrN3. The van der Waals surface area contributed by atoms with Crippen molar-refractivity contribution in [2.45, 2.75) is 26.3 Å². The molecule has 0 saturated carbocycles. The lowest BCUT2D eigenvalue weighted by Crippen LogP contribution is -2.30. The van der Waals surface area contributed by atoms with Gasteiger partial charge in [-0.15, -0.1) is 0 Å². The van der Waals surface area contributed by atoms with Crippen molar-refractivity contribution in [3.8, 4) is 0 Å². The number of hydrogen-bond acceptors (Lipinski definition) is 3. The largest absolute Gasteiger partial charge is 0.380 e. The van der Waals surface area contributed by atoms with Gasteiger partial charge in [0.15, 0.2) is 0 Å². The SMILES string of the molecule is CC(C)CC(CN)Nc1ccncc1Br. The fraction of sp³-hybridized carbons (Fsp3) is 0.545. The first kappa shape index (κ1) is 12.5. The van der Waals surface area contributed by atoms with Gasteiger partial charge >= 0.3 is 0 Å². The average molecular weight is 272 g/mol. The molecule has 0 saturated heterocycles. The highest BCUT2D eigenvalue weighted by Crippen LogP contribution is 2.21. The van der Waals surface area contributed by atoms with E-state index in [1.54, 1.807) is 12.4 Å². The van der Waals surface area contributed by atoms with Crippen LogP contribution in [0.5, 0.6) is 0 Å². The normalized spacial score (nSPS) is 12.9. The summed E-state index contributed by atoms with van der Waals surface area (Å²) >= 11 is 3.45. The molecule has 0 radical (unpaired) electrons. The van der Waals surface area contributed by atoms with Crippen LogP contribution in [0.25, 0.3) is 0 Å². The van der Waals surface area contributed by atoms with Gasteiger partial charge < -0.3 is 11.1 Å². The number of anilines is 1. The van der Waals surface area contributed by atoms with Crippen LogP contribution in [0, 0.1) is 5.92 Å². The zero-order valence-corrected chi connectivity index (χ0v) is 10.8. The summed E-state index contributed by atoms with van der Waals surface area (Å²) in [6, 6.07) is 2.27. The minimum atomic E-state index is 0.323. The van der Waals surface area contributed by atoms with Crippen molar-refractivity contribution >= 4 is 21.6 Å². The van der Waals surface area contributed by atoms with Crippen molar-refractivity contribution in [3.63, 3.8) is 0 Å². The lowest BCUT2D eigenvalue weighted by molar-refractivity contribution is 0.522. The van der Waals surface area contributed by atoms with Gasteiger partial charge in [-0.2, -0.15) is 0 Å². The number of nitrogens with one attached hydrogen (secondary N) is 1. The lowest BCUT2D eigenvalue weighted by atomic mass is 10.0. The summed E-state index contributed by atoms with van der Waals surface area (Å²) in [6.45, 7) is 5.05. The topological polar surface area (TPSA) is 50.9 Å². The Balaban J connectivity index is 2.62. The summed E-state index contributed by atoms with van der Waals surface area (Å²) in [7, 11) is 0. The van der Waals surface area contributed by atoms with Gasteiger partial charge in [-0.05, 0) is 34.3 Å². The summed E-state index contributed by atoms with van der Waals surface area (Å²) < 4.78 is 0.979. The molecule has 15 heavy (non-hydrogen) atoms. The standard InChI is InChI=1S/C11H18BrN3/c1-8(2)5-9(6-13)15-11-3-4-14-7-10(11)12/h3-4,7-9H,5-6,13H2,1-2H3,(H,14,15). The van der Waals surface area contributed by atoms with Crippen molar-refractivity contribution in [2.75, 3.05) is 11.9 Å². The molecular weight excluding hydrogens is 254 g/mol. The molecule has 3 nitrogen and oxygen atoms in total. The second-order valence-electron chi connectivity index (χ2n) is 4.06. The van der Waals surface area contributed by atoms with Crippen LogP contribution < -0.4 is 11.1 Å². The van der Waals surface area contributed by atoms with Gasteiger partial charge in [-0.3, -0.25) is 4.98 Å². The first-order valence-electron chi connectivity index (χ1n) is 5.19. The molecule has 0 aliphatic heterocycles. The van der Waals surface area contributed by atoms with E-state index in [0.29, 0.717) is 18.5 Å². The Hall–Kier alpha value is -0.610. The predicted molar refractivity (Wildman–Crippen MR) is 67.9 cm³/mol. The molecule has 1 aromatic rings. The summed E-state index contributed by atoms with van der Waals surface area (Å²) in [5.74, 6) is 0.645. The van der Waals surface area contributed by atoms with E-state index in [4.69, 9.17) is 5.73 Å². The molecule has 3 N–H and O–H groups in total. The van der Waals surface area contributed by atoms with E-state index in [1.807, 2.05) is 6.07 Å². The van der Waals surface area contributed by atoms with Crippen molar-refractivity contribution in [1.82, 2.24) is 4.98 Å². The minimum Gasteiger partial charge on any atom is -0.380 e. The van der Waals surface area contributed by atoms with Gasteiger partial charge in [0, 0.05) is 25.0 Å². The third kappa shape index (κ3) is 4.18. The van der Waals surface area contributed by atoms with E-state index in [-0.39, 0.29) is 0 Å². The molecule has 0 aliphatic carbocycles. The van der Waals surface area contributed by atoms with Crippen molar-refractivity contribution in [3.05, 3.63) is 22.9 Å². The first-order valence-corrected chi connectivity index (χ1v) is 5.99. The Morgan fingerprint density at radius 1 is 1.53 bits per heavy atom. The molecule has 0 spiro atoms. The highest BCUT2D eigenvalue weighted by Gasteiger charge is 2.10. The fourth-order valence-electron chi connectivity index (χ4n) is 1.50. The van der Waals surface area contributed by atoms with E-state index >= 15 is 0 Å². The van der Waals surface area contributed by atoms with Crippen molar-refractivity contribution in [1.29, 1.82) is 0 Å². The third-order valence-corrected chi connectivity index (χ3v) is 2.80. The number of hydrogen-bond donors (Lipinski definition) is 2. The number of pyridine rings is 1. The maximum Gasteiger partial charge on any atom is 0.0590 e. The fourth-order valence-corrected chi connectivity index (χ4v) is 1.86. The van der Waals surface area contributed by atoms with Gasteiger partial charge in [-0.1, -0.05) is 13.8 Å². The monoisotopic (exact) mass is 271 g/mol. The summed E-state index contributed by atoms with van der Waals surface area (Å²) in [6.07, 6.45) is 4.63. The van der Waals surface area contributed by atoms with Gasteiger partial charge in [0.1, 0.15) is 0 Å². The Morgan fingerprint density at radius 2 is 2.27 bits per heavy atom.